The average Bonchev–Trinajstić information content (AvgIpc) is 2.26. The van der Waals surface area contributed by atoms with E-state index in [1.807, 2.05) is 0 Å². The molecule has 0 aliphatic heterocycles. The lowest BCUT2D eigenvalue weighted by molar-refractivity contribution is 0.0429. The van der Waals surface area contributed by atoms with Crippen LogP contribution in [0, 0.1) is 5.92 Å². The quantitative estimate of drug-likeness (QED) is 0.498. The molecule has 94 valence electrons. The van der Waals surface area contributed by atoms with Crippen LogP contribution in [0.2, 0.25) is 0 Å². The summed E-state index contributed by atoms with van der Waals surface area (Å²) < 4.78 is 0. The fourth-order valence-corrected chi connectivity index (χ4v) is 2.03. The van der Waals surface area contributed by atoms with E-state index in [0.717, 1.165) is 19.4 Å². The first kappa shape index (κ1) is 12.0. The molecule has 17 heavy (non-hydrogen) atoms. The second kappa shape index (κ2) is 4.81. The highest BCUT2D eigenvalue weighted by Crippen LogP contribution is 2.37. The van der Waals surface area contributed by atoms with Crippen molar-refractivity contribution in [3.63, 3.8) is 0 Å². The average molecular weight is 239 g/mol. The van der Waals surface area contributed by atoms with Crippen molar-refractivity contribution in [2.75, 3.05) is 6.54 Å². The summed E-state index contributed by atoms with van der Waals surface area (Å²) in [6, 6.07) is 2.91. The van der Waals surface area contributed by atoms with Crippen molar-refractivity contribution in [3.05, 3.63) is 17.7 Å². The Morgan fingerprint density at radius 1 is 1.12 bits per heavy atom. The van der Waals surface area contributed by atoms with E-state index in [1.165, 1.54) is 6.07 Å². The van der Waals surface area contributed by atoms with Crippen molar-refractivity contribution >= 4 is 0 Å². The number of hydrogen-bond acceptors (Lipinski definition) is 5. The first-order valence-corrected chi connectivity index (χ1v) is 5.69. The van der Waals surface area contributed by atoms with Gasteiger partial charge in [0, 0.05) is 12.1 Å². The van der Waals surface area contributed by atoms with Crippen LogP contribution >= 0.6 is 0 Å². The molecule has 1 aromatic rings. The molecule has 0 spiro atoms. The van der Waals surface area contributed by atoms with E-state index in [-0.39, 0.29) is 17.6 Å². The van der Waals surface area contributed by atoms with E-state index in [4.69, 9.17) is 10.2 Å². The summed E-state index contributed by atoms with van der Waals surface area (Å²) in [4.78, 5) is 0. The van der Waals surface area contributed by atoms with Crippen LogP contribution in [0.15, 0.2) is 12.1 Å². The Labute approximate surface area is 99.3 Å². The molecule has 1 aliphatic rings. The number of benzene rings is 1. The third kappa shape index (κ3) is 2.62. The number of nitrogens with one attached hydrogen (secondary N) is 1. The van der Waals surface area contributed by atoms with Crippen molar-refractivity contribution in [1.29, 1.82) is 0 Å². The van der Waals surface area contributed by atoms with Gasteiger partial charge in [0.05, 0.1) is 6.10 Å². The zero-order valence-corrected chi connectivity index (χ0v) is 9.43. The summed E-state index contributed by atoms with van der Waals surface area (Å²) >= 11 is 0. The van der Waals surface area contributed by atoms with Crippen molar-refractivity contribution < 1.29 is 20.4 Å². The number of phenols is 3. The van der Waals surface area contributed by atoms with Crippen LogP contribution in [0.1, 0.15) is 18.4 Å². The lowest BCUT2D eigenvalue weighted by Gasteiger charge is -2.31. The first-order chi connectivity index (χ1) is 8.08. The molecule has 1 aliphatic carbocycles. The fraction of sp³-hybridized carbons (Fsp3) is 0.500. The predicted molar refractivity (Wildman–Crippen MR) is 61.9 cm³/mol. The van der Waals surface area contributed by atoms with Crippen LogP contribution in [-0.4, -0.2) is 33.1 Å². The fourth-order valence-electron chi connectivity index (χ4n) is 2.03. The summed E-state index contributed by atoms with van der Waals surface area (Å²) in [6.45, 7) is 1.20. The zero-order valence-electron chi connectivity index (χ0n) is 9.43. The number of aliphatic hydroxyl groups is 1. The lowest BCUT2D eigenvalue weighted by atomic mass is 9.82. The Balaban J connectivity index is 1.85. The zero-order chi connectivity index (χ0) is 12.4. The minimum absolute atomic E-state index is 0.159. The van der Waals surface area contributed by atoms with Gasteiger partial charge in [0.15, 0.2) is 11.5 Å². The van der Waals surface area contributed by atoms with Crippen LogP contribution in [0.5, 0.6) is 17.2 Å². The molecule has 0 unspecified atom stereocenters. The molecule has 0 atom stereocenters. The van der Waals surface area contributed by atoms with Gasteiger partial charge in [-0.1, -0.05) is 6.07 Å². The summed E-state index contributed by atoms with van der Waals surface area (Å²) in [5.41, 5.74) is 0.542. The molecule has 1 fully saturated rings. The van der Waals surface area contributed by atoms with E-state index in [9.17, 15) is 10.2 Å². The van der Waals surface area contributed by atoms with Crippen LogP contribution in [0.3, 0.4) is 0 Å². The molecule has 2 rings (SSSR count). The van der Waals surface area contributed by atoms with Gasteiger partial charge in [0.1, 0.15) is 0 Å². The normalized spacial score (nSPS) is 23.4. The topological polar surface area (TPSA) is 93.0 Å². The molecule has 1 aromatic carbocycles. The summed E-state index contributed by atoms with van der Waals surface area (Å²) in [6.07, 6.45) is 1.48. The van der Waals surface area contributed by atoms with E-state index in [1.54, 1.807) is 6.07 Å². The molecule has 5 heteroatoms. The van der Waals surface area contributed by atoms with E-state index in [2.05, 4.69) is 5.32 Å². The van der Waals surface area contributed by atoms with Crippen LogP contribution in [0.4, 0.5) is 0 Å². The van der Waals surface area contributed by atoms with Gasteiger partial charge in [-0.05, 0) is 31.4 Å². The Morgan fingerprint density at radius 2 is 1.82 bits per heavy atom. The third-order valence-corrected chi connectivity index (χ3v) is 3.17. The largest absolute Gasteiger partial charge is 0.504 e. The number of phenolic OH excluding ortho intramolecular Hbond substituents is 3. The Bertz CT molecular complexity index is 402. The second-order valence-corrected chi connectivity index (χ2v) is 4.56. The summed E-state index contributed by atoms with van der Waals surface area (Å²) in [7, 11) is 0. The van der Waals surface area contributed by atoms with E-state index in [0.29, 0.717) is 18.0 Å². The molecule has 0 radical (unpaired) electrons. The Hall–Kier alpha value is -1.46. The molecule has 5 N–H and O–H groups in total. The van der Waals surface area contributed by atoms with Gasteiger partial charge in [-0.2, -0.15) is 0 Å². The predicted octanol–water partition coefficient (Wildman–Crippen LogP) is 0.664. The first-order valence-electron chi connectivity index (χ1n) is 5.69. The minimum atomic E-state index is -0.483. The van der Waals surface area contributed by atoms with E-state index >= 15 is 0 Å². The van der Waals surface area contributed by atoms with Gasteiger partial charge in [-0.25, -0.2) is 0 Å². The number of rotatable bonds is 4. The Kier molecular flexibility index (Phi) is 3.40. The maximum absolute atomic E-state index is 9.57. The monoisotopic (exact) mass is 239 g/mol. The maximum Gasteiger partial charge on any atom is 0.200 e. The standard InChI is InChI=1S/C12H17NO4/c14-9-3-7(4-9)5-13-6-8-1-2-10(15)12(17)11(8)16/h1-2,7,9,13-17H,3-6H2. The lowest BCUT2D eigenvalue weighted by Crippen LogP contribution is -2.35. The highest BCUT2D eigenvalue weighted by Gasteiger charge is 2.26. The van der Waals surface area contributed by atoms with Crippen molar-refractivity contribution in [3.8, 4) is 17.2 Å². The Morgan fingerprint density at radius 3 is 2.47 bits per heavy atom. The minimum Gasteiger partial charge on any atom is -0.504 e. The van der Waals surface area contributed by atoms with Gasteiger partial charge in [0.2, 0.25) is 5.75 Å². The molecule has 0 heterocycles. The molecule has 0 aromatic heterocycles. The van der Waals surface area contributed by atoms with Gasteiger partial charge in [-0.15, -0.1) is 0 Å². The summed E-state index contributed by atoms with van der Waals surface area (Å²) in [5, 5.41) is 40.3. The molecule has 5 nitrogen and oxygen atoms in total. The van der Waals surface area contributed by atoms with Gasteiger partial charge < -0.3 is 25.7 Å². The molecular weight excluding hydrogens is 222 g/mol. The molecule has 0 amide bonds. The highest BCUT2D eigenvalue weighted by atomic mass is 16.3. The molecule has 1 saturated carbocycles. The van der Waals surface area contributed by atoms with Crippen molar-refractivity contribution in [2.24, 2.45) is 5.92 Å². The third-order valence-electron chi connectivity index (χ3n) is 3.17. The maximum atomic E-state index is 9.57. The van der Waals surface area contributed by atoms with Crippen LogP contribution in [0.25, 0.3) is 0 Å². The van der Waals surface area contributed by atoms with Crippen molar-refractivity contribution in [2.45, 2.75) is 25.5 Å². The smallest absolute Gasteiger partial charge is 0.200 e. The second-order valence-electron chi connectivity index (χ2n) is 4.56. The number of aliphatic hydroxyl groups excluding tert-OH is 1. The highest BCUT2D eigenvalue weighted by molar-refractivity contribution is 5.52. The van der Waals surface area contributed by atoms with Gasteiger partial charge >= 0.3 is 0 Å². The molecular formula is C12H17NO4. The number of hydrogen-bond donors (Lipinski definition) is 5. The molecule has 0 bridgehead atoms. The summed E-state index contributed by atoms with van der Waals surface area (Å²) in [5.74, 6) is -0.610. The van der Waals surface area contributed by atoms with E-state index < -0.39 is 5.75 Å². The van der Waals surface area contributed by atoms with Crippen molar-refractivity contribution in [1.82, 2.24) is 5.32 Å². The number of aromatic hydroxyl groups is 3. The van der Waals surface area contributed by atoms with Gasteiger partial charge in [0.25, 0.3) is 0 Å². The van der Waals surface area contributed by atoms with Crippen LogP contribution < -0.4 is 5.32 Å². The van der Waals surface area contributed by atoms with Gasteiger partial charge in [-0.3, -0.25) is 0 Å². The van der Waals surface area contributed by atoms with Crippen LogP contribution in [-0.2, 0) is 6.54 Å². The molecule has 0 saturated heterocycles. The SMILES string of the molecule is Oc1ccc(CNCC2CC(O)C2)c(O)c1O.